The maximum absolute atomic E-state index is 10.6. The summed E-state index contributed by atoms with van der Waals surface area (Å²) in [6.45, 7) is 1.31. The van der Waals surface area contributed by atoms with Crippen LogP contribution in [0, 0.1) is 0 Å². The van der Waals surface area contributed by atoms with Gasteiger partial charge in [-0.25, -0.2) is 15.2 Å². The van der Waals surface area contributed by atoms with Gasteiger partial charge in [-0.05, 0) is 24.1 Å². The van der Waals surface area contributed by atoms with Gasteiger partial charge in [0.05, 0.1) is 14.2 Å². The lowest BCUT2D eigenvalue weighted by atomic mass is 10.2. The van der Waals surface area contributed by atoms with Crippen molar-refractivity contribution in [3.8, 4) is 11.5 Å². The van der Waals surface area contributed by atoms with Crippen molar-refractivity contribution in [1.82, 2.24) is 10.4 Å². The number of carbonyl (C=O) groups is 1. The molecule has 0 radical (unpaired) electrons. The molecule has 0 spiro atoms. The van der Waals surface area contributed by atoms with Crippen molar-refractivity contribution in [2.45, 2.75) is 25.6 Å². The fraction of sp³-hybridized carbons (Fsp3) is 0.500. The van der Waals surface area contributed by atoms with E-state index >= 15 is 0 Å². The second-order valence-corrected chi connectivity index (χ2v) is 4.70. The van der Waals surface area contributed by atoms with Crippen LogP contribution in [0.4, 0.5) is 4.79 Å². The minimum atomic E-state index is -1.25. The number of rotatable bonds is 6. The van der Waals surface area contributed by atoms with Crippen molar-refractivity contribution < 1.29 is 24.1 Å². The van der Waals surface area contributed by atoms with E-state index in [0.29, 0.717) is 24.5 Å². The SMILES string of the molecule is COc1ccc(CNN2CCCC2OC(=O)O)cc1OC. The predicted octanol–water partition coefficient (Wildman–Crippen LogP) is 1.82. The van der Waals surface area contributed by atoms with Gasteiger partial charge in [0.2, 0.25) is 0 Å². The van der Waals surface area contributed by atoms with Crippen LogP contribution < -0.4 is 14.9 Å². The van der Waals surface area contributed by atoms with Crippen molar-refractivity contribution in [2.75, 3.05) is 20.8 Å². The van der Waals surface area contributed by atoms with Gasteiger partial charge in [-0.15, -0.1) is 0 Å². The molecule has 0 bridgehead atoms. The molecule has 1 aliphatic rings. The Kier molecular flexibility index (Phi) is 5.24. The van der Waals surface area contributed by atoms with Crippen LogP contribution in [-0.4, -0.2) is 43.3 Å². The highest BCUT2D eigenvalue weighted by Gasteiger charge is 2.27. The number of ether oxygens (including phenoxy) is 3. The number of hydrazine groups is 1. The fourth-order valence-electron chi connectivity index (χ4n) is 2.34. The Labute approximate surface area is 123 Å². The molecule has 116 valence electrons. The van der Waals surface area contributed by atoms with Crippen LogP contribution in [0.5, 0.6) is 11.5 Å². The molecular weight excluding hydrogens is 276 g/mol. The zero-order valence-electron chi connectivity index (χ0n) is 12.2. The smallest absolute Gasteiger partial charge is 0.493 e. The summed E-state index contributed by atoms with van der Waals surface area (Å²) in [5, 5.41) is 10.5. The van der Waals surface area contributed by atoms with Crippen LogP contribution in [-0.2, 0) is 11.3 Å². The third-order valence-electron chi connectivity index (χ3n) is 3.37. The molecule has 2 rings (SSSR count). The van der Waals surface area contributed by atoms with Gasteiger partial charge in [-0.1, -0.05) is 6.07 Å². The minimum Gasteiger partial charge on any atom is -0.493 e. The van der Waals surface area contributed by atoms with Gasteiger partial charge in [0.1, 0.15) is 0 Å². The van der Waals surface area contributed by atoms with Crippen LogP contribution in [0.2, 0.25) is 0 Å². The number of nitrogens with zero attached hydrogens (tertiary/aromatic N) is 1. The molecule has 7 nitrogen and oxygen atoms in total. The topological polar surface area (TPSA) is 80.3 Å². The summed E-state index contributed by atoms with van der Waals surface area (Å²) in [5.74, 6) is 1.34. The van der Waals surface area contributed by atoms with Crippen LogP contribution in [0.3, 0.4) is 0 Å². The second-order valence-electron chi connectivity index (χ2n) is 4.70. The summed E-state index contributed by atoms with van der Waals surface area (Å²) in [6, 6.07) is 5.65. The Morgan fingerprint density at radius 3 is 2.81 bits per heavy atom. The van der Waals surface area contributed by atoms with Gasteiger partial charge in [0.25, 0.3) is 0 Å². The van der Waals surface area contributed by atoms with E-state index in [1.165, 1.54) is 0 Å². The average Bonchev–Trinajstić information content (AvgIpc) is 2.91. The van der Waals surface area contributed by atoms with Crippen molar-refractivity contribution >= 4 is 6.16 Å². The van der Waals surface area contributed by atoms with Gasteiger partial charge in [-0.2, -0.15) is 0 Å². The molecule has 0 aliphatic carbocycles. The van der Waals surface area contributed by atoms with Crippen molar-refractivity contribution in [2.24, 2.45) is 0 Å². The summed E-state index contributed by atoms with van der Waals surface area (Å²) in [6.07, 6.45) is -0.0790. The number of nitrogens with one attached hydrogen (secondary N) is 1. The van der Waals surface area contributed by atoms with Crippen molar-refractivity contribution in [3.63, 3.8) is 0 Å². The highest BCUT2D eigenvalue weighted by atomic mass is 16.7. The molecule has 1 aromatic carbocycles. The summed E-state index contributed by atoms with van der Waals surface area (Å²) < 4.78 is 15.3. The first-order chi connectivity index (χ1) is 10.1. The lowest BCUT2D eigenvalue weighted by Crippen LogP contribution is -2.43. The highest BCUT2D eigenvalue weighted by Crippen LogP contribution is 2.27. The van der Waals surface area contributed by atoms with Crippen LogP contribution in [0.1, 0.15) is 18.4 Å². The van der Waals surface area contributed by atoms with E-state index in [9.17, 15) is 4.79 Å². The van der Waals surface area contributed by atoms with E-state index in [-0.39, 0.29) is 0 Å². The molecule has 1 aromatic rings. The van der Waals surface area contributed by atoms with Crippen molar-refractivity contribution in [3.05, 3.63) is 23.8 Å². The Morgan fingerprint density at radius 1 is 1.38 bits per heavy atom. The molecule has 1 unspecified atom stereocenters. The Bertz CT molecular complexity index is 494. The lowest BCUT2D eigenvalue weighted by Gasteiger charge is -2.24. The molecule has 2 N–H and O–H groups in total. The Hall–Kier alpha value is -1.99. The van der Waals surface area contributed by atoms with Crippen LogP contribution in [0.15, 0.2) is 18.2 Å². The van der Waals surface area contributed by atoms with E-state index in [4.69, 9.17) is 19.3 Å². The molecule has 21 heavy (non-hydrogen) atoms. The summed E-state index contributed by atoms with van der Waals surface area (Å²) in [5.41, 5.74) is 4.20. The van der Waals surface area contributed by atoms with Crippen molar-refractivity contribution in [1.29, 1.82) is 0 Å². The molecule has 0 aromatic heterocycles. The number of benzene rings is 1. The predicted molar refractivity (Wildman–Crippen MR) is 75.2 cm³/mol. The number of methoxy groups -OCH3 is 2. The van der Waals surface area contributed by atoms with Gasteiger partial charge in [0.15, 0.2) is 17.7 Å². The third-order valence-corrected chi connectivity index (χ3v) is 3.37. The largest absolute Gasteiger partial charge is 0.507 e. The summed E-state index contributed by atoms with van der Waals surface area (Å²) in [7, 11) is 3.18. The Balaban J connectivity index is 1.94. The molecule has 1 fully saturated rings. The van der Waals surface area contributed by atoms with Crippen LogP contribution >= 0.6 is 0 Å². The van der Waals surface area contributed by atoms with E-state index in [0.717, 1.165) is 18.5 Å². The number of carboxylic acid groups (broad SMARTS) is 1. The first kappa shape index (κ1) is 15.4. The van der Waals surface area contributed by atoms with E-state index < -0.39 is 12.4 Å². The maximum Gasteiger partial charge on any atom is 0.507 e. The molecular formula is C14H20N2O5. The molecule has 1 heterocycles. The second kappa shape index (κ2) is 7.14. The van der Waals surface area contributed by atoms with Gasteiger partial charge >= 0.3 is 6.16 Å². The zero-order valence-corrected chi connectivity index (χ0v) is 12.2. The maximum atomic E-state index is 10.6. The standard InChI is InChI=1S/C14H20N2O5/c1-19-11-6-5-10(8-12(11)20-2)9-15-16-7-3-4-13(16)21-14(17)18/h5-6,8,13,15H,3-4,7,9H2,1-2H3,(H,17,18). The quantitative estimate of drug-likeness (QED) is 0.775. The first-order valence-electron chi connectivity index (χ1n) is 6.74. The molecule has 0 amide bonds. The molecule has 1 aliphatic heterocycles. The highest BCUT2D eigenvalue weighted by molar-refractivity contribution is 5.57. The normalized spacial score (nSPS) is 18.5. The van der Waals surface area contributed by atoms with Gasteiger partial charge in [-0.3, -0.25) is 0 Å². The van der Waals surface area contributed by atoms with E-state index in [1.807, 2.05) is 23.2 Å². The molecule has 1 saturated heterocycles. The van der Waals surface area contributed by atoms with Gasteiger partial charge < -0.3 is 19.3 Å². The number of hydrogen-bond acceptors (Lipinski definition) is 6. The Morgan fingerprint density at radius 2 is 2.14 bits per heavy atom. The fourth-order valence-corrected chi connectivity index (χ4v) is 2.34. The molecule has 7 heteroatoms. The van der Waals surface area contributed by atoms with Gasteiger partial charge in [0, 0.05) is 19.5 Å². The van der Waals surface area contributed by atoms with E-state index in [1.54, 1.807) is 14.2 Å². The lowest BCUT2D eigenvalue weighted by molar-refractivity contribution is -0.0371. The first-order valence-corrected chi connectivity index (χ1v) is 6.74. The third kappa shape index (κ3) is 3.99. The number of hydrogen-bond donors (Lipinski definition) is 2. The van der Waals surface area contributed by atoms with Crippen LogP contribution in [0.25, 0.3) is 0 Å². The summed E-state index contributed by atoms with van der Waals surface area (Å²) in [4.78, 5) is 10.6. The summed E-state index contributed by atoms with van der Waals surface area (Å²) >= 11 is 0. The van der Waals surface area contributed by atoms with E-state index in [2.05, 4.69) is 5.43 Å². The average molecular weight is 296 g/mol. The molecule has 1 atom stereocenters. The minimum absolute atomic E-state index is 0.428. The monoisotopic (exact) mass is 296 g/mol. The molecule has 0 saturated carbocycles. The zero-order chi connectivity index (χ0) is 15.2.